The minimum Gasteiger partial charge on any atom is -0.426 e. The average molecular weight is 392 g/mol. The lowest BCUT2D eigenvalue weighted by Crippen LogP contribution is -2.38. The zero-order valence-electron chi connectivity index (χ0n) is 17.9. The molecule has 0 bridgehead atoms. The minimum absolute atomic E-state index is 0.103. The van der Waals surface area contributed by atoms with Crippen molar-refractivity contribution in [2.24, 2.45) is 0 Å². The molecule has 1 atom stereocenters. The average Bonchev–Trinajstić information content (AvgIpc) is 2.73. The van der Waals surface area contributed by atoms with Crippen molar-refractivity contribution in [1.29, 1.82) is 0 Å². The smallest absolute Gasteiger partial charge is 0.311 e. The van der Waals surface area contributed by atoms with Crippen molar-refractivity contribution in [3.63, 3.8) is 0 Å². The summed E-state index contributed by atoms with van der Waals surface area (Å²) < 4.78 is 5.90. The highest BCUT2D eigenvalue weighted by Gasteiger charge is 2.35. The van der Waals surface area contributed by atoms with E-state index in [1.165, 1.54) is 41.5 Å². The Morgan fingerprint density at radius 3 is 2.69 bits per heavy atom. The Balaban J connectivity index is 1.64. The van der Waals surface area contributed by atoms with E-state index >= 15 is 0 Å². The van der Waals surface area contributed by atoms with Crippen LogP contribution in [0.4, 0.5) is 0 Å². The molecule has 4 rings (SSSR count). The summed E-state index contributed by atoms with van der Waals surface area (Å²) in [7, 11) is 0. The molecule has 29 heavy (non-hydrogen) atoms. The monoisotopic (exact) mass is 391 g/mol. The van der Waals surface area contributed by atoms with Gasteiger partial charge in [0.15, 0.2) is 0 Å². The second-order valence-electron chi connectivity index (χ2n) is 8.46. The molecule has 3 heteroatoms. The van der Waals surface area contributed by atoms with Crippen LogP contribution in [0.5, 0.6) is 5.75 Å². The molecule has 1 heterocycles. The third-order valence-electron chi connectivity index (χ3n) is 6.40. The van der Waals surface area contributed by atoms with Crippen LogP contribution >= 0.6 is 0 Å². The number of carbonyl (C=O) groups is 1. The summed E-state index contributed by atoms with van der Waals surface area (Å²) in [6.45, 7) is 6.72. The van der Waals surface area contributed by atoms with Crippen molar-refractivity contribution in [2.45, 2.75) is 71.3 Å². The van der Waals surface area contributed by atoms with Gasteiger partial charge in [-0.3, -0.25) is 9.69 Å². The molecule has 0 aromatic heterocycles. The van der Waals surface area contributed by atoms with Gasteiger partial charge in [0.2, 0.25) is 0 Å². The topological polar surface area (TPSA) is 29.5 Å². The molecule has 0 fully saturated rings. The van der Waals surface area contributed by atoms with Gasteiger partial charge in [-0.15, -0.1) is 0 Å². The van der Waals surface area contributed by atoms with Gasteiger partial charge < -0.3 is 4.74 Å². The highest BCUT2D eigenvalue weighted by molar-refractivity contribution is 5.83. The lowest BCUT2D eigenvalue weighted by atomic mass is 9.77. The quantitative estimate of drug-likeness (QED) is 0.310. The summed E-state index contributed by atoms with van der Waals surface area (Å²) in [5, 5.41) is 0. The van der Waals surface area contributed by atoms with Crippen LogP contribution in [-0.4, -0.2) is 24.0 Å². The van der Waals surface area contributed by atoms with E-state index < -0.39 is 0 Å². The van der Waals surface area contributed by atoms with E-state index in [1.54, 1.807) is 0 Å². The van der Waals surface area contributed by atoms with Crippen molar-refractivity contribution in [1.82, 2.24) is 4.90 Å². The number of esters is 1. The molecule has 1 unspecified atom stereocenters. The van der Waals surface area contributed by atoms with E-state index in [2.05, 4.69) is 43.0 Å². The van der Waals surface area contributed by atoms with E-state index in [0.717, 1.165) is 50.1 Å². The lowest BCUT2D eigenvalue weighted by Gasteiger charge is -2.41. The second kappa shape index (κ2) is 9.13. The summed E-state index contributed by atoms with van der Waals surface area (Å²) in [6.07, 6.45) is 8.15. The molecule has 0 N–H and O–H groups in total. The number of fused-ring (bicyclic) bond motifs is 2. The number of unbranched alkanes of at least 4 members (excludes halogenated alkanes) is 3. The number of hydrogen-bond acceptors (Lipinski definition) is 3. The fourth-order valence-corrected chi connectivity index (χ4v) is 5.05. The maximum Gasteiger partial charge on any atom is 0.311 e. The van der Waals surface area contributed by atoms with Crippen LogP contribution in [0.2, 0.25) is 0 Å². The number of rotatable bonds is 8. The molecule has 3 nitrogen and oxygen atoms in total. The first-order chi connectivity index (χ1) is 14.2. The Bertz CT molecular complexity index is 873. The van der Waals surface area contributed by atoms with Gasteiger partial charge in [0.25, 0.3) is 0 Å². The molecular formula is C26H33NO2. The summed E-state index contributed by atoms with van der Waals surface area (Å²) in [5.74, 6) is 0.636. The van der Waals surface area contributed by atoms with Crippen LogP contribution in [0.25, 0.3) is 11.1 Å². The zero-order valence-corrected chi connectivity index (χ0v) is 17.9. The fraction of sp³-hybridized carbons (Fsp3) is 0.500. The van der Waals surface area contributed by atoms with Crippen molar-refractivity contribution in [2.75, 3.05) is 13.1 Å². The first-order valence-electron chi connectivity index (χ1n) is 11.4. The second-order valence-corrected chi connectivity index (χ2v) is 8.46. The first-order valence-corrected chi connectivity index (χ1v) is 11.4. The van der Waals surface area contributed by atoms with Gasteiger partial charge in [-0.25, -0.2) is 0 Å². The third kappa shape index (κ3) is 4.11. The van der Waals surface area contributed by atoms with E-state index in [-0.39, 0.29) is 5.97 Å². The van der Waals surface area contributed by atoms with Gasteiger partial charge >= 0.3 is 5.97 Å². The molecule has 0 amide bonds. The number of nitrogens with zero attached hydrogens (tertiary/aromatic N) is 1. The number of hydrogen-bond donors (Lipinski definition) is 0. The predicted molar refractivity (Wildman–Crippen MR) is 118 cm³/mol. The van der Waals surface area contributed by atoms with E-state index in [0.29, 0.717) is 12.5 Å². The molecule has 0 saturated carbocycles. The third-order valence-corrected chi connectivity index (χ3v) is 6.40. The van der Waals surface area contributed by atoms with Crippen LogP contribution in [0.15, 0.2) is 36.4 Å². The van der Waals surface area contributed by atoms with Crippen LogP contribution in [-0.2, 0) is 17.6 Å². The Hall–Kier alpha value is -2.13. The predicted octanol–water partition coefficient (Wildman–Crippen LogP) is 6.09. The molecule has 2 aliphatic rings. The summed E-state index contributed by atoms with van der Waals surface area (Å²) >= 11 is 0. The van der Waals surface area contributed by atoms with Crippen molar-refractivity contribution in [3.05, 3.63) is 53.1 Å². The zero-order chi connectivity index (χ0) is 20.2. The van der Waals surface area contributed by atoms with Gasteiger partial charge in [0, 0.05) is 24.6 Å². The lowest BCUT2D eigenvalue weighted by molar-refractivity contribution is -0.134. The van der Waals surface area contributed by atoms with Crippen LogP contribution in [0.1, 0.15) is 75.1 Å². The largest absolute Gasteiger partial charge is 0.426 e. The SMILES string of the molecule is CCCCCCC(=O)Oc1cccc2c1-c1cccc3c1C(C2)N(CCC)CC3. The van der Waals surface area contributed by atoms with Crippen molar-refractivity contribution >= 4 is 5.97 Å². The molecular weight excluding hydrogens is 358 g/mol. The Labute approximate surface area is 175 Å². The maximum atomic E-state index is 12.5. The van der Waals surface area contributed by atoms with Gasteiger partial charge in [0.1, 0.15) is 5.75 Å². The molecule has 154 valence electrons. The van der Waals surface area contributed by atoms with Gasteiger partial charge in [-0.1, -0.05) is 63.4 Å². The van der Waals surface area contributed by atoms with Crippen molar-refractivity contribution < 1.29 is 9.53 Å². The molecule has 0 saturated heterocycles. The minimum atomic E-state index is -0.103. The Kier molecular flexibility index (Phi) is 6.34. The standard InChI is InChI=1S/C26H33NO2/c1-3-5-6-7-14-24(28)29-23-13-9-11-20-18-22-25-19(15-17-27(22)16-4-2)10-8-12-21(25)26(20)23/h8-13,22H,3-7,14-18H2,1-2H3. The van der Waals surface area contributed by atoms with Crippen LogP contribution in [0.3, 0.4) is 0 Å². The normalized spacial score (nSPS) is 17.5. The van der Waals surface area contributed by atoms with Crippen LogP contribution < -0.4 is 4.74 Å². The molecule has 0 spiro atoms. The molecule has 1 aliphatic carbocycles. The number of ether oxygens (including phenoxy) is 1. The Morgan fingerprint density at radius 2 is 1.86 bits per heavy atom. The number of carbonyl (C=O) groups excluding carboxylic acids is 1. The summed E-state index contributed by atoms with van der Waals surface area (Å²) in [4.78, 5) is 15.1. The molecule has 0 radical (unpaired) electrons. The van der Waals surface area contributed by atoms with E-state index in [4.69, 9.17) is 4.74 Å². The molecule has 2 aromatic carbocycles. The van der Waals surface area contributed by atoms with Gasteiger partial charge in [-0.2, -0.15) is 0 Å². The van der Waals surface area contributed by atoms with Crippen molar-refractivity contribution in [3.8, 4) is 16.9 Å². The summed E-state index contributed by atoms with van der Waals surface area (Å²) in [5.41, 5.74) is 6.64. The summed E-state index contributed by atoms with van der Waals surface area (Å²) in [6, 6.07) is 13.3. The Morgan fingerprint density at radius 1 is 1.03 bits per heavy atom. The van der Waals surface area contributed by atoms with E-state index in [1.807, 2.05) is 12.1 Å². The number of benzene rings is 2. The molecule has 2 aromatic rings. The maximum absolute atomic E-state index is 12.5. The first kappa shape index (κ1) is 20.2. The fourth-order valence-electron chi connectivity index (χ4n) is 5.05. The highest BCUT2D eigenvalue weighted by Crippen LogP contribution is 2.48. The van der Waals surface area contributed by atoms with Gasteiger partial charge in [-0.05, 0) is 60.5 Å². The molecule has 1 aliphatic heterocycles. The van der Waals surface area contributed by atoms with E-state index in [9.17, 15) is 4.79 Å². The van der Waals surface area contributed by atoms with Crippen LogP contribution in [0, 0.1) is 0 Å². The van der Waals surface area contributed by atoms with Gasteiger partial charge in [0.05, 0.1) is 0 Å². The highest BCUT2D eigenvalue weighted by atomic mass is 16.5.